The molecular formula is C10H8INO2. The fourth-order valence-corrected chi connectivity index (χ4v) is 2.18. The number of rotatable bonds is 2. The summed E-state index contributed by atoms with van der Waals surface area (Å²) in [5.41, 5.74) is 2.03. The average molecular weight is 301 g/mol. The summed E-state index contributed by atoms with van der Waals surface area (Å²) in [6.07, 6.45) is 0.824. The molecule has 1 N–H and O–H groups in total. The van der Waals surface area contributed by atoms with Gasteiger partial charge in [0, 0.05) is 4.43 Å². The Hall–Kier alpha value is -0.910. The second kappa shape index (κ2) is 3.68. The minimum atomic E-state index is -0.277. The monoisotopic (exact) mass is 301 g/mol. The Morgan fingerprint density at radius 3 is 2.71 bits per heavy atom. The van der Waals surface area contributed by atoms with Crippen LogP contribution in [0.3, 0.4) is 0 Å². The van der Waals surface area contributed by atoms with Gasteiger partial charge in [-0.05, 0) is 18.1 Å². The lowest BCUT2D eigenvalue weighted by Crippen LogP contribution is -2.20. The predicted octanol–water partition coefficient (Wildman–Crippen LogP) is 1.55. The van der Waals surface area contributed by atoms with E-state index in [1.54, 1.807) is 6.07 Å². The highest BCUT2D eigenvalue weighted by atomic mass is 127. The van der Waals surface area contributed by atoms with Gasteiger partial charge < -0.3 is 0 Å². The first-order valence-electron chi connectivity index (χ1n) is 4.27. The van der Waals surface area contributed by atoms with Crippen molar-refractivity contribution in [2.24, 2.45) is 0 Å². The lowest BCUT2D eigenvalue weighted by atomic mass is 10.0. The van der Waals surface area contributed by atoms with Gasteiger partial charge in [-0.15, -0.1) is 0 Å². The SMILES string of the molecule is O=C1NC(=O)c2c(CCI)cccc21. The molecule has 1 heterocycles. The van der Waals surface area contributed by atoms with Crippen molar-refractivity contribution >= 4 is 34.4 Å². The molecule has 2 rings (SSSR count). The summed E-state index contributed by atoms with van der Waals surface area (Å²) in [6.45, 7) is 0. The van der Waals surface area contributed by atoms with Crippen LogP contribution in [0.1, 0.15) is 26.3 Å². The van der Waals surface area contributed by atoms with Gasteiger partial charge in [0.2, 0.25) is 0 Å². The molecule has 0 bridgehead atoms. The van der Waals surface area contributed by atoms with Gasteiger partial charge in [0.15, 0.2) is 0 Å². The van der Waals surface area contributed by atoms with Crippen molar-refractivity contribution in [1.29, 1.82) is 0 Å². The number of hydrogen-bond donors (Lipinski definition) is 1. The number of carbonyl (C=O) groups is 2. The predicted molar refractivity (Wildman–Crippen MR) is 60.8 cm³/mol. The molecule has 72 valence electrons. The van der Waals surface area contributed by atoms with E-state index in [9.17, 15) is 9.59 Å². The van der Waals surface area contributed by atoms with Crippen LogP contribution in [-0.4, -0.2) is 16.2 Å². The molecule has 4 heteroatoms. The number of halogens is 1. The van der Waals surface area contributed by atoms with Crippen LogP contribution >= 0.6 is 22.6 Å². The molecule has 0 atom stereocenters. The zero-order valence-electron chi connectivity index (χ0n) is 7.34. The third kappa shape index (κ3) is 1.43. The fourth-order valence-electron chi connectivity index (χ4n) is 1.60. The van der Waals surface area contributed by atoms with Gasteiger partial charge in [-0.1, -0.05) is 34.7 Å². The minimum absolute atomic E-state index is 0.259. The molecule has 1 aliphatic heterocycles. The van der Waals surface area contributed by atoms with Crippen LogP contribution < -0.4 is 5.32 Å². The first kappa shape index (κ1) is 9.64. The van der Waals surface area contributed by atoms with Gasteiger partial charge in [0.25, 0.3) is 11.8 Å². The maximum Gasteiger partial charge on any atom is 0.259 e. The smallest absolute Gasteiger partial charge is 0.259 e. The summed E-state index contributed by atoms with van der Waals surface area (Å²) in [5.74, 6) is -0.536. The van der Waals surface area contributed by atoms with Gasteiger partial charge in [-0.3, -0.25) is 14.9 Å². The molecule has 0 unspecified atom stereocenters. The van der Waals surface area contributed by atoms with E-state index in [0.717, 1.165) is 16.4 Å². The highest BCUT2D eigenvalue weighted by Crippen LogP contribution is 2.20. The summed E-state index contributed by atoms with van der Waals surface area (Å²) in [5, 5.41) is 2.30. The normalized spacial score (nSPS) is 14.1. The van der Waals surface area contributed by atoms with Crippen LogP contribution in [-0.2, 0) is 6.42 Å². The maximum absolute atomic E-state index is 11.4. The quantitative estimate of drug-likeness (QED) is 0.512. The highest BCUT2D eigenvalue weighted by molar-refractivity contribution is 14.1. The maximum atomic E-state index is 11.4. The van der Waals surface area contributed by atoms with E-state index < -0.39 is 0 Å². The Labute approximate surface area is 95.0 Å². The highest BCUT2D eigenvalue weighted by Gasteiger charge is 2.28. The van der Waals surface area contributed by atoms with E-state index in [2.05, 4.69) is 27.9 Å². The van der Waals surface area contributed by atoms with Crippen molar-refractivity contribution in [3.63, 3.8) is 0 Å². The van der Waals surface area contributed by atoms with Crippen LogP contribution in [0.5, 0.6) is 0 Å². The standard InChI is InChI=1S/C10H8INO2/c11-5-4-6-2-1-3-7-8(6)10(14)12-9(7)13/h1-3H,4-5H2,(H,12,13,14). The van der Waals surface area contributed by atoms with Crippen molar-refractivity contribution in [2.45, 2.75) is 6.42 Å². The molecule has 2 amide bonds. The van der Waals surface area contributed by atoms with Gasteiger partial charge in [0.1, 0.15) is 0 Å². The molecule has 1 aromatic rings. The molecule has 0 saturated heterocycles. The Morgan fingerprint density at radius 2 is 2.00 bits per heavy atom. The summed E-state index contributed by atoms with van der Waals surface area (Å²) < 4.78 is 0.940. The third-order valence-electron chi connectivity index (χ3n) is 2.21. The molecule has 3 nitrogen and oxygen atoms in total. The molecule has 0 aliphatic carbocycles. The average Bonchev–Trinajstić information content (AvgIpc) is 2.44. The van der Waals surface area contributed by atoms with Crippen molar-refractivity contribution in [1.82, 2.24) is 5.32 Å². The number of aryl methyl sites for hydroxylation is 1. The topological polar surface area (TPSA) is 46.2 Å². The zero-order valence-corrected chi connectivity index (χ0v) is 9.50. The van der Waals surface area contributed by atoms with E-state index in [4.69, 9.17) is 0 Å². The third-order valence-corrected chi connectivity index (χ3v) is 2.75. The molecule has 0 fully saturated rings. The van der Waals surface area contributed by atoms with E-state index in [1.165, 1.54) is 0 Å². The Kier molecular flexibility index (Phi) is 2.54. The molecule has 1 aliphatic rings. The molecule has 0 radical (unpaired) electrons. The van der Waals surface area contributed by atoms with Crippen LogP contribution in [0.4, 0.5) is 0 Å². The van der Waals surface area contributed by atoms with Crippen molar-refractivity contribution < 1.29 is 9.59 Å². The molecule has 0 spiro atoms. The molecule has 14 heavy (non-hydrogen) atoms. The second-order valence-electron chi connectivity index (χ2n) is 3.06. The molecule has 0 saturated carbocycles. The number of nitrogens with one attached hydrogen (secondary N) is 1. The molecular weight excluding hydrogens is 293 g/mol. The molecule has 1 aromatic carbocycles. The van der Waals surface area contributed by atoms with Crippen LogP contribution in [0.15, 0.2) is 18.2 Å². The number of amides is 2. The van der Waals surface area contributed by atoms with E-state index in [1.807, 2.05) is 12.1 Å². The lowest BCUT2D eigenvalue weighted by Gasteiger charge is -2.02. The van der Waals surface area contributed by atoms with E-state index in [0.29, 0.717) is 11.1 Å². The summed E-state index contributed by atoms with van der Waals surface area (Å²) >= 11 is 2.25. The Balaban J connectivity index is 2.56. The summed E-state index contributed by atoms with van der Waals surface area (Å²) in [4.78, 5) is 22.7. The largest absolute Gasteiger partial charge is 0.288 e. The number of fused-ring (bicyclic) bond motifs is 1. The second-order valence-corrected chi connectivity index (χ2v) is 4.14. The Morgan fingerprint density at radius 1 is 1.21 bits per heavy atom. The van der Waals surface area contributed by atoms with Gasteiger partial charge in [-0.2, -0.15) is 0 Å². The number of benzene rings is 1. The fraction of sp³-hybridized carbons (Fsp3) is 0.200. The summed E-state index contributed by atoms with van der Waals surface area (Å²) in [7, 11) is 0. The van der Waals surface area contributed by atoms with Gasteiger partial charge in [0.05, 0.1) is 11.1 Å². The number of imide groups is 1. The van der Waals surface area contributed by atoms with E-state index >= 15 is 0 Å². The van der Waals surface area contributed by atoms with Crippen LogP contribution in [0.2, 0.25) is 0 Å². The zero-order chi connectivity index (χ0) is 10.1. The number of hydrogen-bond acceptors (Lipinski definition) is 2. The van der Waals surface area contributed by atoms with Gasteiger partial charge >= 0.3 is 0 Å². The Bertz CT molecular complexity index is 415. The lowest BCUT2D eigenvalue weighted by molar-refractivity contribution is 0.0879. The van der Waals surface area contributed by atoms with Crippen molar-refractivity contribution in [3.05, 3.63) is 34.9 Å². The van der Waals surface area contributed by atoms with Crippen LogP contribution in [0, 0.1) is 0 Å². The minimum Gasteiger partial charge on any atom is -0.288 e. The van der Waals surface area contributed by atoms with Gasteiger partial charge in [-0.25, -0.2) is 0 Å². The first-order chi connectivity index (χ1) is 6.74. The summed E-state index contributed by atoms with van der Waals surface area (Å²) in [6, 6.07) is 5.40. The molecule has 0 aromatic heterocycles. The van der Waals surface area contributed by atoms with Crippen molar-refractivity contribution in [3.8, 4) is 0 Å². The number of carbonyl (C=O) groups excluding carboxylic acids is 2. The first-order valence-corrected chi connectivity index (χ1v) is 5.80. The van der Waals surface area contributed by atoms with Crippen molar-refractivity contribution in [2.75, 3.05) is 4.43 Å². The van der Waals surface area contributed by atoms with Crippen LogP contribution in [0.25, 0.3) is 0 Å². The number of alkyl halides is 1. The van der Waals surface area contributed by atoms with E-state index in [-0.39, 0.29) is 11.8 Å².